The van der Waals surface area contributed by atoms with Crippen molar-refractivity contribution in [3.05, 3.63) is 34.3 Å². The molecule has 1 aromatic carbocycles. The molecule has 0 unspecified atom stereocenters. The van der Waals surface area contributed by atoms with Gasteiger partial charge in [0.05, 0.1) is 0 Å². The van der Waals surface area contributed by atoms with Crippen LogP contribution >= 0.6 is 11.6 Å². The third-order valence-corrected chi connectivity index (χ3v) is 2.96. The average molecular weight is 256 g/mol. The van der Waals surface area contributed by atoms with Crippen molar-refractivity contribution in [1.82, 2.24) is 5.32 Å². The fraction of sp³-hybridized carbons (Fsp3) is 0.462. The van der Waals surface area contributed by atoms with Crippen LogP contribution in [0.4, 0.5) is 0 Å². The molecule has 1 amide bonds. The van der Waals surface area contributed by atoms with E-state index in [2.05, 4.69) is 5.32 Å². The molecular weight excluding hydrogens is 238 g/mol. The van der Waals surface area contributed by atoms with Crippen LogP contribution in [-0.4, -0.2) is 24.2 Å². The Balaban J connectivity index is 2.39. The number of amides is 1. The van der Waals surface area contributed by atoms with Gasteiger partial charge in [0, 0.05) is 23.7 Å². The number of nitrogens with one attached hydrogen (secondary N) is 1. The van der Waals surface area contributed by atoms with Crippen LogP contribution in [0.15, 0.2) is 18.2 Å². The minimum atomic E-state index is -0.101. The zero-order valence-corrected chi connectivity index (χ0v) is 10.8. The molecule has 4 heteroatoms. The summed E-state index contributed by atoms with van der Waals surface area (Å²) in [7, 11) is 0. The minimum Gasteiger partial charge on any atom is -0.396 e. The molecule has 1 aromatic rings. The van der Waals surface area contributed by atoms with E-state index in [9.17, 15) is 4.79 Å². The number of aryl methyl sites for hydroxylation is 1. The summed E-state index contributed by atoms with van der Waals surface area (Å²) < 4.78 is 0. The molecule has 2 N–H and O–H groups in total. The highest BCUT2D eigenvalue weighted by Crippen LogP contribution is 2.16. The molecule has 0 aromatic heterocycles. The highest BCUT2D eigenvalue weighted by atomic mass is 35.5. The lowest BCUT2D eigenvalue weighted by molar-refractivity contribution is 0.0953. The third-order valence-electron chi connectivity index (χ3n) is 2.55. The Morgan fingerprint density at radius 1 is 1.35 bits per heavy atom. The van der Waals surface area contributed by atoms with E-state index >= 15 is 0 Å². The standard InChI is InChI=1S/C13H18ClNO2/c1-10-5-6-11(9-12(10)14)13(17)15-7-3-2-4-8-16/h5-6,9,16H,2-4,7-8H2,1H3,(H,15,17). The summed E-state index contributed by atoms with van der Waals surface area (Å²) in [5.41, 5.74) is 1.55. The second kappa shape index (κ2) is 7.30. The summed E-state index contributed by atoms with van der Waals surface area (Å²) in [5, 5.41) is 12.0. The summed E-state index contributed by atoms with van der Waals surface area (Å²) >= 11 is 5.95. The number of rotatable bonds is 6. The maximum Gasteiger partial charge on any atom is 0.251 e. The Morgan fingerprint density at radius 3 is 2.76 bits per heavy atom. The molecule has 1 rings (SSSR count). The first-order valence-electron chi connectivity index (χ1n) is 5.80. The van der Waals surface area contributed by atoms with Crippen molar-refractivity contribution >= 4 is 17.5 Å². The predicted octanol–water partition coefficient (Wildman–Crippen LogP) is 2.54. The number of carbonyl (C=O) groups excluding carboxylic acids is 1. The van der Waals surface area contributed by atoms with E-state index in [1.54, 1.807) is 12.1 Å². The van der Waals surface area contributed by atoms with Crippen molar-refractivity contribution in [2.24, 2.45) is 0 Å². The first-order valence-corrected chi connectivity index (χ1v) is 6.18. The topological polar surface area (TPSA) is 49.3 Å². The van der Waals surface area contributed by atoms with Gasteiger partial charge in [-0.15, -0.1) is 0 Å². The van der Waals surface area contributed by atoms with Crippen LogP contribution in [0, 0.1) is 6.92 Å². The molecule has 0 aliphatic heterocycles. The third kappa shape index (κ3) is 4.75. The predicted molar refractivity (Wildman–Crippen MR) is 69.5 cm³/mol. The second-order valence-electron chi connectivity index (χ2n) is 4.00. The molecule has 0 aliphatic rings. The number of hydrogen-bond acceptors (Lipinski definition) is 2. The normalized spacial score (nSPS) is 10.3. The molecule has 0 heterocycles. The van der Waals surface area contributed by atoms with E-state index in [0.29, 0.717) is 17.1 Å². The second-order valence-corrected chi connectivity index (χ2v) is 4.41. The van der Waals surface area contributed by atoms with Crippen LogP contribution in [0.5, 0.6) is 0 Å². The summed E-state index contributed by atoms with van der Waals surface area (Å²) in [6.07, 6.45) is 2.59. The molecule has 17 heavy (non-hydrogen) atoms. The molecule has 0 atom stereocenters. The van der Waals surface area contributed by atoms with Crippen molar-refractivity contribution in [3.8, 4) is 0 Å². The van der Waals surface area contributed by atoms with Gasteiger partial charge in [-0.3, -0.25) is 4.79 Å². The lowest BCUT2D eigenvalue weighted by Crippen LogP contribution is -2.24. The number of carbonyl (C=O) groups is 1. The molecule has 3 nitrogen and oxygen atoms in total. The van der Waals surface area contributed by atoms with Gasteiger partial charge in [0.1, 0.15) is 0 Å². The van der Waals surface area contributed by atoms with Gasteiger partial charge in [-0.2, -0.15) is 0 Å². The Bertz CT molecular complexity index is 380. The lowest BCUT2D eigenvalue weighted by Gasteiger charge is -2.06. The number of unbranched alkanes of at least 4 members (excludes halogenated alkanes) is 2. The van der Waals surface area contributed by atoms with E-state index in [1.165, 1.54) is 0 Å². The monoisotopic (exact) mass is 255 g/mol. The van der Waals surface area contributed by atoms with Gasteiger partial charge in [-0.1, -0.05) is 17.7 Å². The van der Waals surface area contributed by atoms with Crippen molar-refractivity contribution in [2.75, 3.05) is 13.2 Å². The van der Waals surface area contributed by atoms with E-state index in [-0.39, 0.29) is 12.5 Å². The Kier molecular flexibility index (Phi) is 6.01. The smallest absolute Gasteiger partial charge is 0.251 e. The van der Waals surface area contributed by atoms with Crippen LogP contribution in [-0.2, 0) is 0 Å². The van der Waals surface area contributed by atoms with Crippen LogP contribution < -0.4 is 5.32 Å². The van der Waals surface area contributed by atoms with Gasteiger partial charge in [0.15, 0.2) is 0 Å². The summed E-state index contributed by atoms with van der Waals surface area (Å²) in [6.45, 7) is 2.74. The maximum absolute atomic E-state index is 11.7. The molecule has 0 aliphatic carbocycles. The molecule has 0 bridgehead atoms. The van der Waals surface area contributed by atoms with Crippen LogP contribution in [0.3, 0.4) is 0 Å². The molecule has 0 saturated carbocycles. The van der Waals surface area contributed by atoms with Crippen molar-refractivity contribution < 1.29 is 9.90 Å². The zero-order valence-electron chi connectivity index (χ0n) is 10.0. The molecular formula is C13H18ClNO2. The Labute approximate surface area is 107 Å². The molecule has 0 fully saturated rings. The highest BCUT2D eigenvalue weighted by molar-refractivity contribution is 6.31. The first kappa shape index (κ1) is 14.0. The summed E-state index contributed by atoms with van der Waals surface area (Å²) in [5.74, 6) is -0.101. The zero-order chi connectivity index (χ0) is 12.7. The van der Waals surface area contributed by atoms with Crippen molar-refractivity contribution in [1.29, 1.82) is 0 Å². The highest BCUT2D eigenvalue weighted by Gasteiger charge is 2.06. The van der Waals surface area contributed by atoms with Crippen molar-refractivity contribution in [2.45, 2.75) is 26.2 Å². The number of aliphatic hydroxyl groups excluding tert-OH is 1. The fourth-order valence-electron chi connectivity index (χ4n) is 1.45. The van der Waals surface area contributed by atoms with E-state index in [4.69, 9.17) is 16.7 Å². The van der Waals surface area contributed by atoms with Gasteiger partial charge in [0.2, 0.25) is 0 Å². The minimum absolute atomic E-state index is 0.101. The van der Waals surface area contributed by atoms with Crippen molar-refractivity contribution in [3.63, 3.8) is 0 Å². The quantitative estimate of drug-likeness (QED) is 0.768. The maximum atomic E-state index is 11.7. The molecule has 0 spiro atoms. The van der Waals surface area contributed by atoms with Crippen LogP contribution in [0.2, 0.25) is 5.02 Å². The first-order chi connectivity index (χ1) is 8.15. The van der Waals surface area contributed by atoms with Crippen LogP contribution in [0.1, 0.15) is 35.2 Å². The number of halogens is 1. The number of benzene rings is 1. The Morgan fingerprint density at radius 2 is 2.12 bits per heavy atom. The fourth-order valence-corrected chi connectivity index (χ4v) is 1.63. The molecule has 94 valence electrons. The van der Waals surface area contributed by atoms with Crippen LogP contribution in [0.25, 0.3) is 0 Å². The van der Waals surface area contributed by atoms with Gasteiger partial charge in [-0.25, -0.2) is 0 Å². The SMILES string of the molecule is Cc1ccc(C(=O)NCCCCCO)cc1Cl. The van der Waals surface area contributed by atoms with E-state index in [1.807, 2.05) is 13.0 Å². The molecule has 0 saturated heterocycles. The van der Waals surface area contributed by atoms with E-state index in [0.717, 1.165) is 24.8 Å². The van der Waals surface area contributed by atoms with Gasteiger partial charge in [0.25, 0.3) is 5.91 Å². The number of aliphatic hydroxyl groups is 1. The molecule has 0 radical (unpaired) electrons. The Hall–Kier alpha value is -1.06. The van der Waals surface area contributed by atoms with Gasteiger partial charge >= 0.3 is 0 Å². The number of hydrogen-bond donors (Lipinski definition) is 2. The van der Waals surface area contributed by atoms with Gasteiger partial charge in [-0.05, 0) is 43.9 Å². The average Bonchev–Trinajstić information content (AvgIpc) is 2.32. The van der Waals surface area contributed by atoms with E-state index < -0.39 is 0 Å². The largest absolute Gasteiger partial charge is 0.396 e. The lowest BCUT2D eigenvalue weighted by atomic mass is 10.1. The summed E-state index contributed by atoms with van der Waals surface area (Å²) in [6, 6.07) is 5.28. The summed E-state index contributed by atoms with van der Waals surface area (Å²) in [4.78, 5) is 11.7. The van der Waals surface area contributed by atoms with Gasteiger partial charge < -0.3 is 10.4 Å².